The van der Waals surface area contributed by atoms with Crippen LogP contribution in [0, 0.1) is 5.92 Å². The molecule has 1 aromatic rings. The van der Waals surface area contributed by atoms with Crippen molar-refractivity contribution in [3.05, 3.63) is 12.4 Å². The average molecular weight is 250 g/mol. The molecule has 2 N–H and O–H groups in total. The summed E-state index contributed by atoms with van der Waals surface area (Å²) in [6, 6.07) is 1.92. The molecule has 18 heavy (non-hydrogen) atoms. The molecule has 2 rings (SSSR count). The predicted octanol–water partition coefficient (Wildman–Crippen LogP) is 1.44. The first-order valence-corrected chi connectivity index (χ1v) is 6.73. The lowest BCUT2D eigenvalue weighted by Crippen LogP contribution is -2.36. The summed E-state index contributed by atoms with van der Waals surface area (Å²) in [4.78, 5) is 10.8. The standard InChI is InChI=1S/C13H22N4O/c1-2-18-13-8-12(15-10-16-13)17-7-3-4-11(9-17)5-6-14/h8,10-11H,2-7,9,14H2,1H3. The van der Waals surface area contributed by atoms with Gasteiger partial charge in [-0.1, -0.05) is 0 Å². The van der Waals surface area contributed by atoms with Crippen LogP contribution in [0.15, 0.2) is 12.4 Å². The van der Waals surface area contributed by atoms with Crippen LogP contribution in [0.4, 0.5) is 5.82 Å². The molecule has 0 bridgehead atoms. The smallest absolute Gasteiger partial charge is 0.218 e. The quantitative estimate of drug-likeness (QED) is 0.856. The minimum atomic E-state index is 0.631. The van der Waals surface area contributed by atoms with Crippen molar-refractivity contribution in [1.82, 2.24) is 9.97 Å². The highest BCUT2D eigenvalue weighted by Gasteiger charge is 2.20. The molecule has 1 aliphatic heterocycles. The van der Waals surface area contributed by atoms with E-state index in [0.717, 1.165) is 31.9 Å². The van der Waals surface area contributed by atoms with Crippen molar-refractivity contribution in [3.63, 3.8) is 0 Å². The highest BCUT2D eigenvalue weighted by atomic mass is 16.5. The van der Waals surface area contributed by atoms with Gasteiger partial charge in [0.2, 0.25) is 5.88 Å². The zero-order chi connectivity index (χ0) is 12.8. The fourth-order valence-corrected chi connectivity index (χ4v) is 2.47. The van der Waals surface area contributed by atoms with Gasteiger partial charge >= 0.3 is 0 Å². The van der Waals surface area contributed by atoms with Crippen LogP contribution in [0.5, 0.6) is 5.88 Å². The maximum absolute atomic E-state index is 5.64. The van der Waals surface area contributed by atoms with Crippen molar-refractivity contribution in [2.75, 3.05) is 31.1 Å². The molecule has 2 heterocycles. The first kappa shape index (κ1) is 13.1. The normalized spacial score (nSPS) is 19.9. The van der Waals surface area contributed by atoms with Crippen LogP contribution in [-0.4, -0.2) is 36.2 Å². The summed E-state index contributed by atoms with van der Waals surface area (Å²) in [5.74, 6) is 2.31. The van der Waals surface area contributed by atoms with Crippen LogP contribution in [0.1, 0.15) is 26.2 Å². The van der Waals surface area contributed by atoms with E-state index in [4.69, 9.17) is 10.5 Å². The summed E-state index contributed by atoms with van der Waals surface area (Å²) in [5.41, 5.74) is 5.64. The highest BCUT2D eigenvalue weighted by molar-refractivity contribution is 5.41. The minimum Gasteiger partial charge on any atom is -0.478 e. The molecule has 1 unspecified atom stereocenters. The van der Waals surface area contributed by atoms with Gasteiger partial charge in [0, 0.05) is 19.2 Å². The Morgan fingerprint density at radius 3 is 3.17 bits per heavy atom. The second-order valence-corrected chi connectivity index (χ2v) is 4.68. The molecule has 0 aromatic carbocycles. The highest BCUT2D eigenvalue weighted by Crippen LogP contribution is 2.24. The Balaban J connectivity index is 2.03. The second-order valence-electron chi connectivity index (χ2n) is 4.68. The molecular formula is C13H22N4O. The molecule has 1 fully saturated rings. The summed E-state index contributed by atoms with van der Waals surface area (Å²) >= 11 is 0. The summed E-state index contributed by atoms with van der Waals surface area (Å²) < 4.78 is 5.41. The monoisotopic (exact) mass is 250 g/mol. The zero-order valence-corrected chi connectivity index (χ0v) is 11.0. The number of piperidine rings is 1. The number of nitrogens with two attached hydrogens (primary N) is 1. The molecule has 5 heteroatoms. The lowest BCUT2D eigenvalue weighted by atomic mass is 9.95. The van der Waals surface area contributed by atoms with E-state index in [-0.39, 0.29) is 0 Å². The number of nitrogens with zero attached hydrogens (tertiary/aromatic N) is 3. The molecular weight excluding hydrogens is 228 g/mol. The van der Waals surface area contributed by atoms with Gasteiger partial charge in [0.05, 0.1) is 6.61 Å². The van der Waals surface area contributed by atoms with Gasteiger partial charge in [-0.15, -0.1) is 0 Å². The average Bonchev–Trinajstić information content (AvgIpc) is 2.40. The fourth-order valence-electron chi connectivity index (χ4n) is 2.47. The summed E-state index contributed by atoms with van der Waals surface area (Å²) in [6.45, 7) is 5.46. The molecule has 100 valence electrons. The molecule has 0 radical (unpaired) electrons. The molecule has 5 nitrogen and oxygen atoms in total. The largest absolute Gasteiger partial charge is 0.478 e. The Morgan fingerprint density at radius 2 is 2.39 bits per heavy atom. The van der Waals surface area contributed by atoms with Gasteiger partial charge in [-0.25, -0.2) is 9.97 Å². The van der Waals surface area contributed by atoms with Crippen molar-refractivity contribution >= 4 is 5.82 Å². The third kappa shape index (κ3) is 3.32. The van der Waals surface area contributed by atoms with Gasteiger partial charge in [0.15, 0.2) is 0 Å². The molecule has 1 atom stereocenters. The third-order valence-corrected chi connectivity index (χ3v) is 3.34. The number of anilines is 1. The second kappa shape index (κ2) is 6.54. The summed E-state index contributed by atoms with van der Waals surface area (Å²) in [5, 5.41) is 0. The van der Waals surface area contributed by atoms with Crippen molar-refractivity contribution in [1.29, 1.82) is 0 Å². The van der Waals surface area contributed by atoms with E-state index in [1.54, 1.807) is 6.33 Å². The molecule has 1 aromatic heterocycles. The van der Waals surface area contributed by atoms with Crippen molar-refractivity contribution in [3.8, 4) is 5.88 Å². The van der Waals surface area contributed by atoms with E-state index < -0.39 is 0 Å². The summed E-state index contributed by atoms with van der Waals surface area (Å²) in [6.07, 6.45) is 5.16. The van der Waals surface area contributed by atoms with E-state index in [0.29, 0.717) is 18.4 Å². The maximum Gasteiger partial charge on any atom is 0.218 e. The summed E-state index contributed by atoms with van der Waals surface area (Å²) in [7, 11) is 0. The third-order valence-electron chi connectivity index (χ3n) is 3.34. The number of hydrogen-bond acceptors (Lipinski definition) is 5. The van der Waals surface area contributed by atoms with Crippen LogP contribution >= 0.6 is 0 Å². The Labute approximate surface area is 108 Å². The number of aromatic nitrogens is 2. The van der Waals surface area contributed by atoms with Crippen LogP contribution in [-0.2, 0) is 0 Å². The van der Waals surface area contributed by atoms with Crippen LogP contribution in [0.25, 0.3) is 0 Å². The van der Waals surface area contributed by atoms with Crippen molar-refractivity contribution in [2.24, 2.45) is 11.7 Å². The van der Waals surface area contributed by atoms with Crippen molar-refractivity contribution in [2.45, 2.75) is 26.2 Å². The van der Waals surface area contributed by atoms with E-state index in [1.165, 1.54) is 12.8 Å². The first-order chi connectivity index (χ1) is 8.83. The lowest BCUT2D eigenvalue weighted by Gasteiger charge is -2.33. The predicted molar refractivity (Wildman–Crippen MR) is 71.8 cm³/mol. The number of hydrogen-bond donors (Lipinski definition) is 1. The minimum absolute atomic E-state index is 0.631. The molecule has 0 spiro atoms. The Kier molecular flexibility index (Phi) is 4.75. The van der Waals surface area contributed by atoms with Gasteiger partial charge < -0.3 is 15.4 Å². The van der Waals surface area contributed by atoms with Gasteiger partial charge in [0.25, 0.3) is 0 Å². The first-order valence-electron chi connectivity index (χ1n) is 6.73. The fraction of sp³-hybridized carbons (Fsp3) is 0.692. The molecule has 1 saturated heterocycles. The zero-order valence-electron chi connectivity index (χ0n) is 11.0. The van der Waals surface area contributed by atoms with Gasteiger partial charge in [-0.2, -0.15) is 0 Å². The molecule has 0 aliphatic carbocycles. The molecule has 0 saturated carbocycles. The molecule has 0 amide bonds. The van der Waals surface area contributed by atoms with Gasteiger partial charge in [-0.3, -0.25) is 0 Å². The van der Waals surface area contributed by atoms with E-state index >= 15 is 0 Å². The Bertz CT molecular complexity index is 370. The number of rotatable bonds is 5. The van der Waals surface area contributed by atoms with Crippen LogP contribution in [0.2, 0.25) is 0 Å². The molecule has 1 aliphatic rings. The van der Waals surface area contributed by atoms with E-state index in [9.17, 15) is 0 Å². The van der Waals surface area contributed by atoms with Gasteiger partial charge in [0.1, 0.15) is 12.1 Å². The van der Waals surface area contributed by atoms with Crippen molar-refractivity contribution < 1.29 is 4.74 Å². The van der Waals surface area contributed by atoms with E-state index in [2.05, 4.69) is 14.9 Å². The Hall–Kier alpha value is -1.36. The lowest BCUT2D eigenvalue weighted by molar-refractivity contribution is 0.325. The SMILES string of the molecule is CCOc1cc(N2CCCC(CCN)C2)ncn1. The van der Waals surface area contributed by atoms with Crippen LogP contribution in [0.3, 0.4) is 0 Å². The van der Waals surface area contributed by atoms with Crippen LogP contribution < -0.4 is 15.4 Å². The number of ether oxygens (including phenoxy) is 1. The Morgan fingerprint density at radius 1 is 1.50 bits per heavy atom. The van der Waals surface area contributed by atoms with E-state index in [1.807, 2.05) is 13.0 Å². The van der Waals surface area contributed by atoms with Gasteiger partial charge in [-0.05, 0) is 38.6 Å². The maximum atomic E-state index is 5.64. The topological polar surface area (TPSA) is 64.3 Å².